The fraction of sp³-hybridized carbons (Fsp3) is 1.00. The first-order chi connectivity index (χ1) is 7.27. The Bertz CT molecular complexity index is 326. The van der Waals surface area contributed by atoms with Gasteiger partial charge in [0.05, 0.1) is 17.5 Å². The molecule has 0 aromatic carbocycles. The lowest BCUT2D eigenvalue weighted by atomic mass is 10.1. The van der Waals surface area contributed by atoms with E-state index in [4.69, 9.17) is 9.84 Å². The molecule has 0 saturated carbocycles. The number of aliphatic hydroxyl groups is 1. The van der Waals surface area contributed by atoms with Gasteiger partial charge in [0.2, 0.25) is 10.0 Å². The lowest BCUT2D eigenvalue weighted by molar-refractivity contribution is -0.109. The van der Waals surface area contributed by atoms with E-state index in [-0.39, 0.29) is 24.9 Å². The molecule has 1 heterocycles. The van der Waals surface area contributed by atoms with Crippen molar-refractivity contribution in [2.24, 2.45) is 0 Å². The maximum absolute atomic E-state index is 11.9. The standard InChI is InChI=1S/C10H21NO4S/c1-9-7-11(8-10(2,3)15-9)16(13,14)6-4-5-12/h9,12H,4-8H2,1-3H3. The Hall–Kier alpha value is -0.170. The van der Waals surface area contributed by atoms with Gasteiger partial charge < -0.3 is 9.84 Å². The molecule has 6 heteroatoms. The molecule has 1 unspecified atom stereocenters. The van der Waals surface area contributed by atoms with Crippen molar-refractivity contribution in [2.75, 3.05) is 25.4 Å². The molecule has 0 aromatic heterocycles. The van der Waals surface area contributed by atoms with Crippen LogP contribution in [-0.4, -0.2) is 55.0 Å². The summed E-state index contributed by atoms with van der Waals surface area (Å²) in [5.41, 5.74) is -0.441. The largest absolute Gasteiger partial charge is 0.396 e. The van der Waals surface area contributed by atoms with Gasteiger partial charge in [0, 0.05) is 19.7 Å². The van der Waals surface area contributed by atoms with Gasteiger partial charge in [-0.05, 0) is 27.2 Å². The van der Waals surface area contributed by atoms with E-state index in [1.807, 2.05) is 20.8 Å². The molecule has 0 spiro atoms. The van der Waals surface area contributed by atoms with Gasteiger partial charge in [-0.1, -0.05) is 0 Å². The van der Waals surface area contributed by atoms with Crippen LogP contribution in [-0.2, 0) is 14.8 Å². The summed E-state index contributed by atoms with van der Waals surface area (Å²) in [5, 5.41) is 8.67. The summed E-state index contributed by atoms with van der Waals surface area (Å²) in [7, 11) is -3.26. The molecule has 1 aliphatic rings. The van der Waals surface area contributed by atoms with Crippen LogP contribution < -0.4 is 0 Å². The number of morpholine rings is 1. The molecule has 96 valence electrons. The van der Waals surface area contributed by atoms with E-state index in [1.54, 1.807) is 0 Å². The Kier molecular flexibility index (Phi) is 4.34. The quantitative estimate of drug-likeness (QED) is 0.775. The van der Waals surface area contributed by atoms with E-state index in [0.29, 0.717) is 13.1 Å². The Morgan fingerprint density at radius 2 is 2.12 bits per heavy atom. The fourth-order valence-corrected chi connectivity index (χ4v) is 3.68. The van der Waals surface area contributed by atoms with Crippen molar-refractivity contribution in [2.45, 2.75) is 38.9 Å². The summed E-state index contributed by atoms with van der Waals surface area (Å²) in [6, 6.07) is 0. The highest BCUT2D eigenvalue weighted by Gasteiger charge is 2.36. The molecule has 1 atom stereocenters. The van der Waals surface area contributed by atoms with Gasteiger partial charge in [0.25, 0.3) is 0 Å². The van der Waals surface area contributed by atoms with Gasteiger partial charge >= 0.3 is 0 Å². The Morgan fingerprint density at radius 3 is 2.62 bits per heavy atom. The van der Waals surface area contributed by atoms with Crippen molar-refractivity contribution in [1.29, 1.82) is 0 Å². The first-order valence-electron chi connectivity index (χ1n) is 5.53. The number of hydrogen-bond acceptors (Lipinski definition) is 4. The summed E-state index contributed by atoms with van der Waals surface area (Å²) in [4.78, 5) is 0. The second-order valence-electron chi connectivity index (χ2n) is 4.87. The minimum Gasteiger partial charge on any atom is -0.396 e. The summed E-state index contributed by atoms with van der Waals surface area (Å²) < 4.78 is 31.0. The molecule has 0 radical (unpaired) electrons. The van der Waals surface area contributed by atoms with Crippen LogP contribution >= 0.6 is 0 Å². The zero-order chi connectivity index (χ0) is 12.4. The SMILES string of the molecule is CC1CN(S(=O)(=O)CCCO)CC(C)(C)O1. The number of ether oxygens (including phenoxy) is 1. The van der Waals surface area contributed by atoms with E-state index in [1.165, 1.54) is 4.31 Å². The minimum atomic E-state index is -3.26. The predicted molar refractivity (Wildman–Crippen MR) is 61.7 cm³/mol. The van der Waals surface area contributed by atoms with Crippen molar-refractivity contribution in [3.05, 3.63) is 0 Å². The van der Waals surface area contributed by atoms with Crippen LogP contribution in [0.1, 0.15) is 27.2 Å². The molecule has 0 bridgehead atoms. The molecule has 0 amide bonds. The van der Waals surface area contributed by atoms with E-state index in [2.05, 4.69) is 0 Å². The topological polar surface area (TPSA) is 66.8 Å². The molecular weight excluding hydrogens is 230 g/mol. The van der Waals surface area contributed by atoms with Crippen LogP contribution in [0.15, 0.2) is 0 Å². The first kappa shape index (κ1) is 13.9. The molecule has 1 rings (SSSR count). The predicted octanol–water partition coefficient (Wildman–Crippen LogP) is 0.198. The summed E-state index contributed by atoms with van der Waals surface area (Å²) in [5.74, 6) is 0.00625. The van der Waals surface area contributed by atoms with Crippen molar-refractivity contribution in [3.8, 4) is 0 Å². The summed E-state index contributed by atoms with van der Waals surface area (Å²) >= 11 is 0. The van der Waals surface area contributed by atoms with Gasteiger partial charge in [-0.3, -0.25) is 0 Å². The highest BCUT2D eigenvalue weighted by atomic mass is 32.2. The van der Waals surface area contributed by atoms with Crippen LogP contribution in [0.4, 0.5) is 0 Å². The van der Waals surface area contributed by atoms with Crippen molar-refractivity contribution < 1.29 is 18.3 Å². The Balaban J connectivity index is 2.72. The highest BCUT2D eigenvalue weighted by molar-refractivity contribution is 7.89. The number of rotatable bonds is 4. The third kappa shape index (κ3) is 3.69. The summed E-state index contributed by atoms with van der Waals surface area (Å²) in [6.07, 6.45) is 0.196. The number of aliphatic hydroxyl groups excluding tert-OH is 1. The molecule has 1 fully saturated rings. The van der Waals surface area contributed by atoms with E-state index in [9.17, 15) is 8.42 Å². The highest BCUT2D eigenvalue weighted by Crippen LogP contribution is 2.23. The Labute approximate surface area is 97.4 Å². The van der Waals surface area contributed by atoms with Crippen LogP contribution in [0.3, 0.4) is 0 Å². The zero-order valence-corrected chi connectivity index (χ0v) is 11.0. The second kappa shape index (κ2) is 5.00. The third-order valence-corrected chi connectivity index (χ3v) is 4.36. The maximum atomic E-state index is 11.9. The molecule has 0 aromatic rings. The maximum Gasteiger partial charge on any atom is 0.214 e. The molecule has 5 nitrogen and oxygen atoms in total. The van der Waals surface area contributed by atoms with Crippen LogP contribution in [0.5, 0.6) is 0 Å². The fourth-order valence-electron chi connectivity index (χ4n) is 1.98. The van der Waals surface area contributed by atoms with E-state index >= 15 is 0 Å². The van der Waals surface area contributed by atoms with Gasteiger partial charge in [-0.2, -0.15) is 4.31 Å². The van der Waals surface area contributed by atoms with Crippen LogP contribution in [0.25, 0.3) is 0 Å². The Morgan fingerprint density at radius 1 is 1.50 bits per heavy atom. The van der Waals surface area contributed by atoms with E-state index in [0.717, 1.165) is 0 Å². The molecule has 1 N–H and O–H groups in total. The average Bonchev–Trinajstić information content (AvgIpc) is 2.11. The summed E-state index contributed by atoms with van der Waals surface area (Å²) in [6.45, 7) is 6.33. The minimum absolute atomic E-state index is 0.00625. The molecule has 1 aliphatic heterocycles. The van der Waals surface area contributed by atoms with Gasteiger partial charge in [0.1, 0.15) is 0 Å². The lowest BCUT2D eigenvalue weighted by Gasteiger charge is -2.40. The van der Waals surface area contributed by atoms with E-state index < -0.39 is 15.6 Å². The molecule has 0 aliphatic carbocycles. The normalized spacial score (nSPS) is 26.9. The lowest BCUT2D eigenvalue weighted by Crippen LogP contribution is -2.54. The number of nitrogens with zero attached hydrogens (tertiary/aromatic N) is 1. The monoisotopic (exact) mass is 251 g/mol. The van der Waals surface area contributed by atoms with Crippen molar-refractivity contribution in [3.63, 3.8) is 0 Å². The van der Waals surface area contributed by atoms with Crippen LogP contribution in [0, 0.1) is 0 Å². The zero-order valence-electron chi connectivity index (χ0n) is 10.1. The third-order valence-electron chi connectivity index (χ3n) is 2.49. The van der Waals surface area contributed by atoms with Gasteiger partial charge in [-0.25, -0.2) is 8.42 Å². The molecular formula is C10H21NO4S. The smallest absolute Gasteiger partial charge is 0.214 e. The first-order valence-corrected chi connectivity index (χ1v) is 7.14. The number of hydrogen-bond donors (Lipinski definition) is 1. The second-order valence-corrected chi connectivity index (χ2v) is 6.96. The van der Waals surface area contributed by atoms with Gasteiger partial charge in [0.15, 0.2) is 0 Å². The van der Waals surface area contributed by atoms with Crippen molar-refractivity contribution in [1.82, 2.24) is 4.31 Å². The van der Waals surface area contributed by atoms with Gasteiger partial charge in [-0.15, -0.1) is 0 Å². The molecule has 1 saturated heterocycles. The van der Waals surface area contributed by atoms with Crippen molar-refractivity contribution >= 4 is 10.0 Å². The van der Waals surface area contributed by atoms with Crippen LogP contribution in [0.2, 0.25) is 0 Å². The molecule has 16 heavy (non-hydrogen) atoms. The average molecular weight is 251 g/mol. The number of sulfonamides is 1.